The normalized spacial score (nSPS) is 11.3. The van der Waals surface area contributed by atoms with E-state index < -0.39 is 0 Å². The molecule has 0 amide bonds. The number of phenolic OH excluding ortho intramolecular Hbond substituents is 1. The Morgan fingerprint density at radius 1 is 1.26 bits per heavy atom. The van der Waals surface area contributed by atoms with Crippen LogP contribution in [-0.4, -0.2) is 17.2 Å². The molecule has 1 heterocycles. The first-order valence-electron chi connectivity index (χ1n) is 8.14. The van der Waals surface area contributed by atoms with Gasteiger partial charge < -0.3 is 9.84 Å². The van der Waals surface area contributed by atoms with Crippen molar-refractivity contribution < 1.29 is 9.84 Å². The predicted molar refractivity (Wildman–Crippen MR) is 113 cm³/mol. The molecule has 136 valence electrons. The number of benzene rings is 2. The van der Waals surface area contributed by atoms with Gasteiger partial charge in [0.05, 0.1) is 22.8 Å². The van der Waals surface area contributed by atoms with Gasteiger partial charge in [0.15, 0.2) is 11.5 Å². The Labute approximate surface area is 170 Å². The third-order valence-electron chi connectivity index (χ3n) is 4.24. The molecule has 3 aromatic rings. The second kappa shape index (κ2) is 7.95. The lowest BCUT2D eigenvalue weighted by molar-refractivity contribution is 0.372. The van der Waals surface area contributed by atoms with E-state index in [0.717, 1.165) is 16.8 Å². The highest BCUT2D eigenvalue weighted by atomic mass is 79.9. The van der Waals surface area contributed by atoms with Crippen LogP contribution < -0.4 is 4.74 Å². The maximum Gasteiger partial charge on any atom is 0.172 e. The van der Waals surface area contributed by atoms with E-state index in [1.165, 1.54) is 29.6 Å². The Bertz CT molecular complexity index is 1080. The molecule has 0 spiro atoms. The molecule has 0 saturated carbocycles. The average molecular weight is 441 g/mol. The Morgan fingerprint density at radius 3 is 2.70 bits per heavy atom. The number of thiazole rings is 1. The molecule has 0 unspecified atom stereocenters. The highest BCUT2D eigenvalue weighted by Gasteiger charge is 2.12. The maximum absolute atomic E-state index is 9.93. The molecule has 0 saturated heterocycles. The van der Waals surface area contributed by atoms with Crippen molar-refractivity contribution in [1.29, 1.82) is 5.26 Å². The topological polar surface area (TPSA) is 66.1 Å². The molecular formula is C21H17BrN2O2S. The molecule has 0 fully saturated rings. The van der Waals surface area contributed by atoms with Crippen LogP contribution in [-0.2, 0) is 0 Å². The first-order valence-corrected chi connectivity index (χ1v) is 9.82. The van der Waals surface area contributed by atoms with E-state index in [1.807, 2.05) is 11.4 Å². The van der Waals surface area contributed by atoms with Gasteiger partial charge in [0, 0.05) is 10.9 Å². The van der Waals surface area contributed by atoms with Crippen molar-refractivity contribution in [3.05, 3.63) is 61.9 Å². The molecular weight excluding hydrogens is 424 g/mol. The van der Waals surface area contributed by atoms with Crippen LogP contribution in [0.3, 0.4) is 0 Å². The van der Waals surface area contributed by atoms with Gasteiger partial charge in [-0.3, -0.25) is 0 Å². The van der Waals surface area contributed by atoms with Gasteiger partial charge in [0.1, 0.15) is 11.1 Å². The van der Waals surface area contributed by atoms with E-state index in [4.69, 9.17) is 4.74 Å². The van der Waals surface area contributed by atoms with Crippen LogP contribution in [0.5, 0.6) is 11.5 Å². The molecule has 2 aromatic carbocycles. The number of hydrogen-bond donors (Lipinski definition) is 1. The summed E-state index contributed by atoms with van der Waals surface area (Å²) in [6.07, 6.45) is 1.73. The molecule has 1 N–H and O–H groups in total. The number of nitrogens with zero attached hydrogens (tertiary/aromatic N) is 2. The number of allylic oxidation sites excluding steroid dienone is 1. The molecule has 0 aliphatic heterocycles. The number of nitriles is 1. The second-order valence-electron chi connectivity index (χ2n) is 6.06. The van der Waals surface area contributed by atoms with Crippen molar-refractivity contribution in [3.8, 4) is 28.8 Å². The van der Waals surface area contributed by atoms with E-state index in [-0.39, 0.29) is 5.75 Å². The van der Waals surface area contributed by atoms with Gasteiger partial charge in [0.25, 0.3) is 0 Å². The van der Waals surface area contributed by atoms with Gasteiger partial charge in [-0.25, -0.2) is 4.98 Å². The van der Waals surface area contributed by atoms with E-state index >= 15 is 0 Å². The summed E-state index contributed by atoms with van der Waals surface area (Å²) in [5.74, 6) is 0.363. The van der Waals surface area contributed by atoms with Gasteiger partial charge in [-0.2, -0.15) is 5.26 Å². The summed E-state index contributed by atoms with van der Waals surface area (Å²) in [6, 6.07) is 11.8. The van der Waals surface area contributed by atoms with Crippen molar-refractivity contribution >= 4 is 38.9 Å². The maximum atomic E-state index is 9.93. The molecule has 0 bridgehead atoms. The lowest BCUT2D eigenvalue weighted by atomic mass is 10.1. The summed E-state index contributed by atoms with van der Waals surface area (Å²) in [6.45, 7) is 4.15. The van der Waals surface area contributed by atoms with Crippen molar-refractivity contribution in [2.45, 2.75) is 13.8 Å². The van der Waals surface area contributed by atoms with Gasteiger partial charge in [0.2, 0.25) is 0 Å². The number of hydrogen-bond acceptors (Lipinski definition) is 5. The van der Waals surface area contributed by atoms with Crippen LogP contribution >= 0.6 is 27.3 Å². The fourth-order valence-electron chi connectivity index (χ4n) is 2.57. The lowest BCUT2D eigenvalue weighted by Gasteiger charge is -2.06. The third kappa shape index (κ3) is 4.05. The predicted octanol–water partition coefficient (Wildman–Crippen LogP) is 5.97. The van der Waals surface area contributed by atoms with Crippen LogP contribution in [0.25, 0.3) is 22.9 Å². The average Bonchev–Trinajstić information content (AvgIpc) is 3.14. The molecule has 0 radical (unpaired) electrons. The van der Waals surface area contributed by atoms with E-state index in [9.17, 15) is 10.4 Å². The number of phenols is 1. The molecule has 4 nitrogen and oxygen atoms in total. The van der Waals surface area contributed by atoms with Gasteiger partial charge in [-0.05, 0) is 70.7 Å². The third-order valence-corrected chi connectivity index (χ3v) is 5.72. The smallest absolute Gasteiger partial charge is 0.172 e. The second-order valence-corrected chi connectivity index (χ2v) is 7.77. The Hall–Kier alpha value is -2.62. The minimum atomic E-state index is 0.0273. The number of aromatic hydroxyl groups is 1. The standard InChI is InChI=1S/C21H17BrN2O2S/c1-12-4-5-15(6-13(12)2)18-11-27-21(24-18)16(10-23)7-14-8-17(22)20(25)19(9-14)26-3/h4-9,11,25H,1-3H3/b16-7+. The van der Waals surface area contributed by atoms with Crippen LogP contribution in [0.2, 0.25) is 0 Å². The van der Waals surface area contributed by atoms with Crippen LogP contribution in [0.1, 0.15) is 21.7 Å². The fraction of sp³-hybridized carbons (Fsp3) is 0.143. The Kier molecular flexibility index (Phi) is 5.64. The number of halogens is 1. The number of aryl methyl sites for hydroxylation is 2. The first kappa shape index (κ1) is 19.2. The summed E-state index contributed by atoms with van der Waals surface area (Å²) in [7, 11) is 1.48. The number of aromatic nitrogens is 1. The zero-order valence-corrected chi connectivity index (χ0v) is 17.5. The highest BCUT2D eigenvalue weighted by molar-refractivity contribution is 9.10. The molecule has 3 rings (SSSR count). The zero-order chi connectivity index (χ0) is 19.6. The molecule has 0 aliphatic rings. The molecule has 1 aromatic heterocycles. The SMILES string of the molecule is COc1cc(/C=C(\C#N)c2nc(-c3ccc(C)c(C)c3)cs2)cc(Br)c1O. The summed E-state index contributed by atoms with van der Waals surface area (Å²) in [5.41, 5.74) is 5.51. The summed E-state index contributed by atoms with van der Waals surface area (Å²) in [5, 5.41) is 22.1. The monoisotopic (exact) mass is 440 g/mol. The summed E-state index contributed by atoms with van der Waals surface area (Å²) < 4.78 is 5.67. The van der Waals surface area contributed by atoms with E-state index in [1.54, 1.807) is 18.2 Å². The van der Waals surface area contributed by atoms with Gasteiger partial charge in [-0.15, -0.1) is 11.3 Å². The van der Waals surface area contributed by atoms with E-state index in [0.29, 0.717) is 20.8 Å². The van der Waals surface area contributed by atoms with Crippen molar-refractivity contribution in [1.82, 2.24) is 4.98 Å². The van der Waals surface area contributed by atoms with Crippen LogP contribution in [0.4, 0.5) is 0 Å². The first-order chi connectivity index (χ1) is 12.9. The molecule has 27 heavy (non-hydrogen) atoms. The summed E-state index contributed by atoms with van der Waals surface area (Å²) >= 11 is 4.73. The minimum Gasteiger partial charge on any atom is -0.503 e. The van der Waals surface area contributed by atoms with Gasteiger partial charge >= 0.3 is 0 Å². The number of methoxy groups -OCH3 is 1. The van der Waals surface area contributed by atoms with Crippen molar-refractivity contribution in [2.24, 2.45) is 0 Å². The van der Waals surface area contributed by atoms with E-state index in [2.05, 4.69) is 53.0 Å². The Balaban J connectivity index is 1.99. The summed E-state index contributed by atoms with van der Waals surface area (Å²) in [4.78, 5) is 4.64. The van der Waals surface area contributed by atoms with Crippen molar-refractivity contribution in [2.75, 3.05) is 7.11 Å². The number of ether oxygens (including phenoxy) is 1. The largest absolute Gasteiger partial charge is 0.503 e. The number of rotatable bonds is 4. The molecule has 0 atom stereocenters. The van der Waals surface area contributed by atoms with Crippen molar-refractivity contribution in [3.63, 3.8) is 0 Å². The van der Waals surface area contributed by atoms with Crippen LogP contribution in [0, 0.1) is 25.2 Å². The Morgan fingerprint density at radius 2 is 2.04 bits per heavy atom. The fourth-order valence-corrected chi connectivity index (χ4v) is 3.83. The van der Waals surface area contributed by atoms with Crippen LogP contribution in [0.15, 0.2) is 40.2 Å². The van der Waals surface area contributed by atoms with Gasteiger partial charge in [-0.1, -0.05) is 12.1 Å². The lowest BCUT2D eigenvalue weighted by Crippen LogP contribution is -1.88. The minimum absolute atomic E-state index is 0.0273. The molecule has 6 heteroatoms. The quantitative estimate of drug-likeness (QED) is 0.507. The zero-order valence-electron chi connectivity index (χ0n) is 15.1. The molecule has 0 aliphatic carbocycles. The highest BCUT2D eigenvalue weighted by Crippen LogP contribution is 2.36.